The van der Waals surface area contributed by atoms with E-state index in [9.17, 15) is 4.91 Å². The van der Waals surface area contributed by atoms with Crippen molar-refractivity contribution < 1.29 is 0 Å². The monoisotopic (exact) mass is 146 g/mol. The van der Waals surface area contributed by atoms with Crippen LogP contribution in [0.2, 0.25) is 0 Å². The molecule has 0 amide bonds. The van der Waals surface area contributed by atoms with Gasteiger partial charge < -0.3 is 0 Å². The predicted octanol–water partition coefficient (Wildman–Crippen LogP) is 0.794. The molecule has 1 aromatic rings. The van der Waals surface area contributed by atoms with Crippen LogP contribution in [0.3, 0.4) is 0 Å². The van der Waals surface area contributed by atoms with Crippen LogP contribution in [0.15, 0.2) is 29.8 Å². The van der Waals surface area contributed by atoms with Crippen molar-refractivity contribution in [2.45, 2.75) is 0 Å². The molecule has 0 aliphatic carbocycles. The minimum Gasteiger partial charge on any atom is -0.265 e. The second kappa shape index (κ2) is 5.34. The molecule has 47 valence electrons. The fraction of sp³-hybridized carbons (Fsp3) is 0. The third kappa shape index (κ3) is 2.91. The van der Waals surface area contributed by atoms with Crippen molar-refractivity contribution >= 4 is 35.2 Å². The molecule has 0 unspecified atom stereocenters. The molecule has 4 nitrogen and oxygen atoms in total. The summed E-state index contributed by atoms with van der Waals surface area (Å²) in [5.74, 6) is 0. The van der Waals surface area contributed by atoms with Gasteiger partial charge in [-0.05, 0) is 12.1 Å². The maximum absolute atomic E-state index is 9.59. The Morgan fingerprint density at radius 2 is 2.00 bits per heavy atom. The number of anilines is 1. The number of nitrogens with one attached hydrogen (secondary N) is 1. The zero-order valence-corrected chi connectivity index (χ0v) is 7.61. The van der Waals surface area contributed by atoms with Crippen LogP contribution in [-0.4, -0.2) is 34.5 Å². The molecular formula is C5H5N3NaO. The molecule has 5 heteroatoms. The van der Waals surface area contributed by atoms with Crippen LogP contribution in [0, 0.1) is 4.91 Å². The molecule has 0 saturated carbocycles. The van der Waals surface area contributed by atoms with Gasteiger partial charge in [0.1, 0.15) is 0 Å². The van der Waals surface area contributed by atoms with Crippen molar-refractivity contribution in [3.05, 3.63) is 29.4 Å². The standard InChI is InChI=1S/C5H5N3O.Na/c9-8-7-5-1-3-6-4-2-5;/h1-4H,(H,6,7,9);. The Kier molecular flexibility index (Phi) is 5.10. The Balaban J connectivity index is 0.000000810. The number of pyridine rings is 1. The normalized spacial score (nSPS) is 7.60. The van der Waals surface area contributed by atoms with E-state index in [0.29, 0.717) is 5.69 Å². The van der Waals surface area contributed by atoms with Gasteiger partial charge in [-0.3, -0.25) is 4.98 Å². The summed E-state index contributed by atoms with van der Waals surface area (Å²) < 4.78 is 0. The first-order chi connectivity index (χ1) is 4.43. The average Bonchev–Trinajstić information content (AvgIpc) is 1.91. The molecule has 1 rings (SSSR count). The van der Waals surface area contributed by atoms with E-state index in [1.165, 1.54) is 0 Å². The molecule has 0 bridgehead atoms. The maximum Gasteiger partial charge on any atom is 0.0624 e. The van der Waals surface area contributed by atoms with E-state index in [1.54, 1.807) is 24.5 Å². The van der Waals surface area contributed by atoms with Crippen molar-refractivity contribution in [2.75, 3.05) is 5.43 Å². The molecule has 0 atom stereocenters. The number of nitrogens with zero attached hydrogens (tertiary/aromatic N) is 2. The first-order valence-corrected chi connectivity index (χ1v) is 2.42. The summed E-state index contributed by atoms with van der Waals surface area (Å²) in [6, 6.07) is 3.31. The zero-order chi connectivity index (χ0) is 6.53. The summed E-state index contributed by atoms with van der Waals surface area (Å²) in [5, 5.41) is 2.48. The average molecular weight is 146 g/mol. The van der Waals surface area contributed by atoms with E-state index in [2.05, 4.69) is 15.7 Å². The molecule has 0 aromatic carbocycles. The van der Waals surface area contributed by atoms with Crippen LogP contribution in [-0.2, 0) is 0 Å². The van der Waals surface area contributed by atoms with Gasteiger partial charge in [-0.2, -0.15) is 0 Å². The molecule has 10 heavy (non-hydrogen) atoms. The van der Waals surface area contributed by atoms with Crippen LogP contribution in [0.1, 0.15) is 0 Å². The molecule has 0 saturated heterocycles. The fourth-order valence-corrected chi connectivity index (χ4v) is 0.479. The van der Waals surface area contributed by atoms with Gasteiger partial charge in [0, 0.05) is 42.0 Å². The largest absolute Gasteiger partial charge is 0.265 e. The topological polar surface area (TPSA) is 54.4 Å². The number of rotatable bonds is 2. The van der Waals surface area contributed by atoms with E-state index < -0.39 is 0 Å². The van der Waals surface area contributed by atoms with Gasteiger partial charge in [-0.15, -0.1) is 4.91 Å². The number of hydrogen-bond donors (Lipinski definition) is 1. The van der Waals surface area contributed by atoms with E-state index >= 15 is 0 Å². The summed E-state index contributed by atoms with van der Waals surface area (Å²) in [6.07, 6.45) is 3.15. The summed E-state index contributed by atoms with van der Waals surface area (Å²) >= 11 is 0. The molecule has 1 radical (unpaired) electrons. The van der Waals surface area contributed by atoms with Gasteiger partial charge in [0.2, 0.25) is 0 Å². The zero-order valence-electron chi connectivity index (χ0n) is 5.61. The van der Waals surface area contributed by atoms with E-state index in [-0.39, 0.29) is 29.6 Å². The van der Waals surface area contributed by atoms with Crippen molar-refractivity contribution in [3.63, 3.8) is 0 Å². The van der Waals surface area contributed by atoms with Crippen molar-refractivity contribution in [1.82, 2.24) is 4.98 Å². The van der Waals surface area contributed by atoms with Crippen LogP contribution in [0.5, 0.6) is 0 Å². The van der Waals surface area contributed by atoms with Gasteiger partial charge in [0.05, 0.1) is 11.0 Å². The van der Waals surface area contributed by atoms with Gasteiger partial charge in [-0.25, -0.2) is 5.43 Å². The third-order valence-corrected chi connectivity index (χ3v) is 0.855. The summed E-state index contributed by atoms with van der Waals surface area (Å²) in [7, 11) is 0. The molecule has 0 aliphatic heterocycles. The molecule has 0 aliphatic rings. The van der Waals surface area contributed by atoms with E-state index in [1.807, 2.05) is 0 Å². The quantitative estimate of drug-likeness (QED) is 0.381. The van der Waals surface area contributed by atoms with Gasteiger partial charge in [0.15, 0.2) is 0 Å². The van der Waals surface area contributed by atoms with Gasteiger partial charge in [0.25, 0.3) is 0 Å². The molecule has 1 N–H and O–H groups in total. The second-order valence-corrected chi connectivity index (χ2v) is 1.44. The molecule has 1 heterocycles. The fourth-order valence-electron chi connectivity index (χ4n) is 0.479. The first kappa shape index (κ1) is 9.55. The Labute approximate surface area is 80.3 Å². The maximum atomic E-state index is 9.59. The number of aromatic nitrogens is 1. The van der Waals surface area contributed by atoms with Crippen LogP contribution in [0.4, 0.5) is 5.69 Å². The Hall–Kier alpha value is -0.450. The molecule has 0 fully saturated rings. The minimum atomic E-state index is 0. The smallest absolute Gasteiger partial charge is 0.0624 e. The number of hydrogen-bond acceptors (Lipinski definition) is 3. The van der Waals surface area contributed by atoms with Crippen molar-refractivity contribution in [3.8, 4) is 0 Å². The molecule has 1 aromatic heterocycles. The first-order valence-electron chi connectivity index (χ1n) is 2.42. The Bertz CT molecular complexity index is 191. The summed E-state index contributed by atoms with van der Waals surface area (Å²) in [5.41, 5.74) is 2.89. The van der Waals surface area contributed by atoms with E-state index in [4.69, 9.17) is 0 Å². The minimum absolute atomic E-state index is 0. The Morgan fingerprint density at radius 1 is 1.40 bits per heavy atom. The molecule has 0 spiro atoms. The summed E-state index contributed by atoms with van der Waals surface area (Å²) in [4.78, 5) is 13.3. The van der Waals surface area contributed by atoms with Crippen LogP contribution >= 0.6 is 0 Å². The Morgan fingerprint density at radius 3 is 2.50 bits per heavy atom. The second-order valence-electron chi connectivity index (χ2n) is 1.44. The third-order valence-electron chi connectivity index (χ3n) is 0.855. The number of nitroso groups, excluding NO2 is 1. The van der Waals surface area contributed by atoms with Gasteiger partial charge >= 0.3 is 0 Å². The van der Waals surface area contributed by atoms with Gasteiger partial charge in [-0.1, -0.05) is 0 Å². The summed E-state index contributed by atoms with van der Waals surface area (Å²) in [6.45, 7) is 0. The van der Waals surface area contributed by atoms with Crippen LogP contribution < -0.4 is 5.43 Å². The molecular weight excluding hydrogens is 141 g/mol. The van der Waals surface area contributed by atoms with E-state index in [0.717, 1.165) is 0 Å². The predicted molar refractivity (Wildman–Crippen MR) is 39.4 cm³/mol. The van der Waals surface area contributed by atoms with Crippen molar-refractivity contribution in [1.29, 1.82) is 0 Å². The SMILES string of the molecule is O=NNc1ccncc1.[Na]. The van der Waals surface area contributed by atoms with Crippen LogP contribution in [0.25, 0.3) is 0 Å². The van der Waals surface area contributed by atoms with Crippen molar-refractivity contribution in [2.24, 2.45) is 5.29 Å².